The fourth-order valence-corrected chi connectivity index (χ4v) is 3.13. The second-order valence-corrected chi connectivity index (χ2v) is 6.70. The molecule has 2 aromatic heterocycles. The molecule has 0 spiro atoms. The molecule has 1 aromatic carbocycles. The van der Waals surface area contributed by atoms with Crippen LogP contribution in [0.4, 0.5) is 0 Å². The van der Waals surface area contributed by atoms with Gasteiger partial charge in [0.1, 0.15) is 5.52 Å². The van der Waals surface area contributed by atoms with Crippen LogP contribution in [0.3, 0.4) is 0 Å². The Morgan fingerprint density at radius 2 is 2.08 bits per heavy atom. The van der Waals surface area contributed by atoms with E-state index in [-0.39, 0.29) is 18.6 Å². The molecule has 0 radical (unpaired) electrons. The highest BCUT2D eigenvalue weighted by Crippen LogP contribution is 2.37. The molecule has 26 heavy (non-hydrogen) atoms. The number of amides is 1. The molecule has 0 saturated carbocycles. The molecule has 0 aliphatic rings. The van der Waals surface area contributed by atoms with Crippen molar-refractivity contribution >= 4 is 40.0 Å². The highest BCUT2D eigenvalue weighted by molar-refractivity contribution is 6.39. The molecule has 5 nitrogen and oxygen atoms in total. The third-order valence-corrected chi connectivity index (χ3v) is 4.48. The van der Waals surface area contributed by atoms with Crippen LogP contribution in [0.15, 0.2) is 42.7 Å². The van der Waals surface area contributed by atoms with E-state index in [4.69, 9.17) is 27.9 Å². The van der Waals surface area contributed by atoms with Crippen molar-refractivity contribution in [2.75, 3.05) is 6.61 Å². The van der Waals surface area contributed by atoms with Crippen LogP contribution >= 0.6 is 23.2 Å². The first kappa shape index (κ1) is 18.4. The van der Waals surface area contributed by atoms with Crippen molar-refractivity contribution in [2.45, 2.75) is 19.9 Å². The number of carbonyl (C=O) groups excluding carboxylic acids is 1. The number of nitrogens with one attached hydrogen (secondary N) is 1. The molecule has 0 bridgehead atoms. The van der Waals surface area contributed by atoms with Crippen LogP contribution in [-0.2, 0) is 4.79 Å². The van der Waals surface area contributed by atoms with E-state index in [9.17, 15) is 4.79 Å². The molecule has 2 heterocycles. The maximum Gasteiger partial charge on any atom is 0.258 e. The monoisotopic (exact) mass is 389 g/mol. The molecule has 3 aromatic rings. The maximum atomic E-state index is 12.2. The summed E-state index contributed by atoms with van der Waals surface area (Å²) in [6, 6.07) is 8.84. The van der Waals surface area contributed by atoms with Crippen molar-refractivity contribution in [3.8, 4) is 5.75 Å². The first-order valence-corrected chi connectivity index (χ1v) is 8.78. The van der Waals surface area contributed by atoms with Gasteiger partial charge in [-0.2, -0.15) is 0 Å². The Hall–Kier alpha value is -2.37. The average molecular weight is 390 g/mol. The molecule has 0 fully saturated rings. The van der Waals surface area contributed by atoms with Gasteiger partial charge in [0.25, 0.3) is 5.91 Å². The van der Waals surface area contributed by atoms with Crippen molar-refractivity contribution in [3.63, 3.8) is 0 Å². The minimum atomic E-state index is -0.270. The number of pyridine rings is 2. The second-order valence-electron chi connectivity index (χ2n) is 5.88. The highest BCUT2D eigenvalue weighted by atomic mass is 35.5. The molecule has 1 N–H and O–H groups in total. The summed E-state index contributed by atoms with van der Waals surface area (Å²) in [7, 11) is 0. The first-order chi connectivity index (χ1) is 12.5. The van der Waals surface area contributed by atoms with Gasteiger partial charge in [0.15, 0.2) is 12.4 Å². The van der Waals surface area contributed by atoms with Crippen LogP contribution in [0.2, 0.25) is 10.0 Å². The minimum Gasteiger partial charge on any atom is -0.480 e. The molecule has 3 rings (SSSR count). The van der Waals surface area contributed by atoms with Gasteiger partial charge in [-0.15, -0.1) is 0 Å². The summed E-state index contributed by atoms with van der Waals surface area (Å²) in [6.45, 7) is 3.56. The molecular formula is C19H17Cl2N3O2. The lowest BCUT2D eigenvalue weighted by molar-refractivity contribution is -0.123. The lowest BCUT2D eigenvalue weighted by Gasteiger charge is -2.15. The van der Waals surface area contributed by atoms with Crippen LogP contribution in [0.25, 0.3) is 10.9 Å². The zero-order valence-electron chi connectivity index (χ0n) is 14.3. The number of hydrogen-bond donors (Lipinski definition) is 1. The van der Waals surface area contributed by atoms with Crippen LogP contribution in [-0.4, -0.2) is 22.5 Å². The Morgan fingerprint density at radius 1 is 1.27 bits per heavy atom. The summed E-state index contributed by atoms with van der Waals surface area (Å²) in [5.41, 5.74) is 2.25. The van der Waals surface area contributed by atoms with E-state index in [1.165, 1.54) is 0 Å². The number of benzene rings is 1. The number of fused-ring (bicyclic) bond motifs is 1. The average Bonchev–Trinajstić information content (AvgIpc) is 2.62. The van der Waals surface area contributed by atoms with Crippen molar-refractivity contribution in [2.24, 2.45) is 0 Å². The molecular weight excluding hydrogens is 373 g/mol. The van der Waals surface area contributed by atoms with Gasteiger partial charge in [-0.05, 0) is 43.7 Å². The SMILES string of the molecule is Cc1ccc2c(Cl)cc(Cl)c(OCC(=O)N[C@@H](C)c3cccnc3)c2n1. The molecule has 7 heteroatoms. The third kappa shape index (κ3) is 4.06. The Morgan fingerprint density at radius 3 is 2.81 bits per heavy atom. The molecule has 134 valence electrons. The predicted molar refractivity (Wildman–Crippen MR) is 103 cm³/mol. The smallest absolute Gasteiger partial charge is 0.258 e. The number of aryl methyl sites for hydroxylation is 1. The summed E-state index contributed by atoms with van der Waals surface area (Å²) in [5.74, 6) is 0.0760. The summed E-state index contributed by atoms with van der Waals surface area (Å²) in [4.78, 5) is 20.7. The van der Waals surface area contributed by atoms with Crippen LogP contribution < -0.4 is 10.1 Å². The fourth-order valence-electron chi connectivity index (χ4n) is 2.56. The van der Waals surface area contributed by atoms with Gasteiger partial charge in [-0.1, -0.05) is 29.3 Å². The van der Waals surface area contributed by atoms with Crippen molar-refractivity contribution < 1.29 is 9.53 Å². The zero-order valence-corrected chi connectivity index (χ0v) is 15.8. The van der Waals surface area contributed by atoms with E-state index in [1.54, 1.807) is 18.5 Å². The normalized spacial score (nSPS) is 12.0. The third-order valence-electron chi connectivity index (χ3n) is 3.89. The number of aromatic nitrogens is 2. The lowest BCUT2D eigenvalue weighted by atomic mass is 10.1. The van der Waals surface area contributed by atoms with Crippen LogP contribution in [0.5, 0.6) is 5.75 Å². The predicted octanol–water partition coefficient (Wildman–Crippen LogP) is 4.50. The van der Waals surface area contributed by atoms with E-state index in [2.05, 4.69) is 15.3 Å². The summed E-state index contributed by atoms with van der Waals surface area (Å²) < 4.78 is 5.68. The van der Waals surface area contributed by atoms with Gasteiger partial charge in [-0.3, -0.25) is 9.78 Å². The minimum absolute atomic E-state index is 0.183. The van der Waals surface area contributed by atoms with Gasteiger partial charge >= 0.3 is 0 Å². The number of hydrogen-bond acceptors (Lipinski definition) is 4. The number of rotatable bonds is 5. The number of halogens is 2. The first-order valence-electron chi connectivity index (χ1n) is 8.03. The summed E-state index contributed by atoms with van der Waals surface area (Å²) in [5, 5.41) is 4.39. The largest absolute Gasteiger partial charge is 0.480 e. The quantitative estimate of drug-likeness (QED) is 0.697. The molecule has 0 saturated heterocycles. The number of carbonyl (C=O) groups is 1. The van der Waals surface area contributed by atoms with Crippen LogP contribution in [0, 0.1) is 6.92 Å². The van der Waals surface area contributed by atoms with Crippen molar-refractivity contribution in [1.82, 2.24) is 15.3 Å². The summed E-state index contributed by atoms with van der Waals surface area (Å²) >= 11 is 12.5. The van der Waals surface area contributed by atoms with E-state index in [1.807, 2.05) is 38.1 Å². The van der Waals surface area contributed by atoms with Crippen molar-refractivity contribution in [1.29, 1.82) is 0 Å². The number of nitrogens with zero attached hydrogens (tertiary/aromatic N) is 2. The van der Waals surface area contributed by atoms with Gasteiger partial charge in [-0.25, -0.2) is 4.98 Å². The Kier molecular flexibility index (Phi) is 5.59. The van der Waals surface area contributed by atoms with Gasteiger partial charge in [0.2, 0.25) is 0 Å². The maximum absolute atomic E-state index is 12.2. The zero-order chi connectivity index (χ0) is 18.7. The van der Waals surface area contributed by atoms with Crippen LogP contribution in [0.1, 0.15) is 24.2 Å². The fraction of sp³-hybridized carbons (Fsp3) is 0.211. The van der Waals surface area contributed by atoms with Crippen molar-refractivity contribution in [3.05, 3.63) is 64.0 Å². The highest BCUT2D eigenvalue weighted by Gasteiger charge is 2.16. The van der Waals surface area contributed by atoms with Gasteiger partial charge in [0.05, 0.1) is 16.1 Å². The molecule has 1 atom stereocenters. The van der Waals surface area contributed by atoms with Gasteiger partial charge in [0, 0.05) is 23.5 Å². The molecule has 0 aliphatic carbocycles. The standard InChI is InChI=1S/C19H17Cl2N3O2/c1-11-5-6-14-15(20)8-16(21)19(18(14)23-11)26-10-17(25)24-12(2)13-4-3-7-22-9-13/h3-9,12H,10H2,1-2H3,(H,24,25)/t12-/m0/s1. The second kappa shape index (κ2) is 7.89. The molecule has 0 unspecified atom stereocenters. The van der Waals surface area contributed by atoms with Gasteiger partial charge < -0.3 is 10.1 Å². The summed E-state index contributed by atoms with van der Waals surface area (Å²) in [6.07, 6.45) is 3.39. The molecule has 1 amide bonds. The Labute approximate surface area is 161 Å². The topological polar surface area (TPSA) is 64.1 Å². The Bertz CT molecular complexity index is 948. The molecule has 0 aliphatic heterocycles. The number of ether oxygens (including phenoxy) is 1. The lowest BCUT2D eigenvalue weighted by Crippen LogP contribution is -2.31. The van der Waals surface area contributed by atoms with E-state index in [0.29, 0.717) is 21.3 Å². The van der Waals surface area contributed by atoms with E-state index >= 15 is 0 Å². The Balaban J connectivity index is 1.75. The van der Waals surface area contributed by atoms with E-state index in [0.717, 1.165) is 16.6 Å². The van der Waals surface area contributed by atoms with E-state index < -0.39 is 0 Å².